The average Bonchev–Trinajstić information content (AvgIpc) is 2.28. The van der Waals surface area contributed by atoms with Crippen molar-refractivity contribution in [2.75, 3.05) is 5.75 Å². The number of hydrogen-bond donors (Lipinski definition) is 0. The lowest BCUT2D eigenvalue weighted by molar-refractivity contribution is 0.604. The summed E-state index contributed by atoms with van der Waals surface area (Å²) in [5, 5.41) is 0. The molecule has 0 saturated carbocycles. The van der Waals surface area contributed by atoms with Crippen molar-refractivity contribution in [3.05, 3.63) is 29.3 Å². The molecule has 0 bridgehead atoms. The van der Waals surface area contributed by atoms with Gasteiger partial charge in [0.2, 0.25) is 0 Å². The van der Waals surface area contributed by atoms with Crippen molar-refractivity contribution in [2.45, 2.75) is 31.1 Å². The molecule has 0 nitrogen and oxygen atoms in total. The highest BCUT2D eigenvalue weighted by Gasteiger charge is 2.29. The first-order valence-corrected chi connectivity index (χ1v) is 5.32. The molecule has 1 heterocycles. The third-order valence-corrected chi connectivity index (χ3v) is 3.99. The van der Waals surface area contributed by atoms with Crippen molar-refractivity contribution in [1.82, 2.24) is 0 Å². The smallest absolute Gasteiger partial charge is 0.0110 e. The van der Waals surface area contributed by atoms with Gasteiger partial charge in [0.25, 0.3) is 0 Å². The number of benzene rings is 1. The lowest BCUT2D eigenvalue weighted by Gasteiger charge is -2.17. The predicted octanol–water partition coefficient (Wildman–Crippen LogP) is 3.38. The molecule has 0 aliphatic carbocycles. The second-order valence-electron chi connectivity index (χ2n) is 4.17. The Morgan fingerprint density at radius 3 is 2.83 bits per heavy atom. The van der Waals surface area contributed by atoms with E-state index in [1.54, 1.807) is 0 Å². The van der Waals surface area contributed by atoms with E-state index in [1.165, 1.54) is 21.8 Å². The van der Waals surface area contributed by atoms with Crippen LogP contribution in [0.2, 0.25) is 0 Å². The molecule has 0 saturated heterocycles. The van der Waals surface area contributed by atoms with E-state index in [0.29, 0.717) is 5.41 Å². The van der Waals surface area contributed by atoms with Crippen LogP contribution in [0.4, 0.5) is 0 Å². The van der Waals surface area contributed by atoms with Crippen LogP contribution in [0.25, 0.3) is 0 Å². The molecular formula is C11H14S. The molecular weight excluding hydrogens is 164 g/mol. The van der Waals surface area contributed by atoms with Crippen molar-refractivity contribution in [1.29, 1.82) is 0 Å². The van der Waals surface area contributed by atoms with Gasteiger partial charge in [0.1, 0.15) is 0 Å². The third-order valence-electron chi connectivity index (χ3n) is 2.45. The normalized spacial score (nSPS) is 19.2. The Bertz CT molecular complexity index is 313. The number of hydrogen-bond acceptors (Lipinski definition) is 1. The van der Waals surface area contributed by atoms with Gasteiger partial charge >= 0.3 is 0 Å². The molecule has 64 valence electrons. The molecule has 0 spiro atoms. The molecule has 1 aromatic carbocycles. The second-order valence-corrected chi connectivity index (χ2v) is 5.19. The molecule has 1 aliphatic heterocycles. The lowest BCUT2D eigenvalue weighted by Crippen LogP contribution is -2.15. The quantitative estimate of drug-likeness (QED) is 0.587. The fourth-order valence-corrected chi connectivity index (χ4v) is 2.96. The van der Waals surface area contributed by atoms with E-state index in [0.717, 1.165) is 0 Å². The molecule has 0 atom stereocenters. The number of thioether (sulfide) groups is 1. The minimum absolute atomic E-state index is 0.381. The van der Waals surface area contributed by atoms with Gasteiger partial charge in [-0.05, 0) is 18.6 Å². The van der Waals surface area contributed by atoms with Gasteiger partial charge in [0.15, 0.2) is 0 Å². The number of aryl methyl sites for hydroxylation is 1. The summed E-state index contributed by atoms with van der Waals surface area (Å²) in [6, 6.07) is 6.78. The molecule has 0 unspecified atom stereocenters. The van der Waals surface area contributed by atoms with Crippen LogP contribution in [0.15, 0.2) is 23.1 Å². The molecule has 1 aliphatic rings. The van der Waals surface area contributed by atoms with Crippen molar-refractivity contribution in [3.8, 4) is 0 Å². The van der Waals surface area contributed by atoms with E-state index in [4.69, 9.17) is 0 Å². The summed E-state index contributed by atoms with van der Waals surface area (Å²) in [7, 11) is 0. The summed E-state index contributed by atoms with van der Waals surface area (Å²) < 4.78 is 0. The maximum Gasteiger partial charge on any atom is 0.0110 e. The Hall–Kier alpha value is -0.430. The monoisotopic (exact) mass is 178 g/mol. The van der Waals surface area contributed by atoms with Gasteiger partial charge in [-0.3, -0.25) is 0 Å². The van der Waals surface area contributed by atoms with Crippen LogP contribution < -0.4 is 0 Å². The highest BCUT2D eigenvalue weighted by atomic mass is 32.2. The molecule has 1 heteroatoms. The Morgan fingerprint density at radius 2 is 2.08 bits per heavy atom. The molecule has 1 aromatic rings. The standard InChI is InChI=1S/C11H14S/c1-8-4-5-10-9(6-8)11(2,3)7-12-10/h4-6H,7H2,1-3H3. The van der Waals surface area contributed by atoms with Gasteiger partial charge in [0, 0.05) is 16.1 Å². The Morgan fingerprint density at radius 1 is 1.33 bits per heavy atom. The Balaban J connectivity index is 2.57. The van der Waals surface area contributed by atoms with Crippen LogP contribution >= 0.6 is 11.8 Å². The van der Waals surface area contributed by atoms with Crippen molar-refractivity contribution >= 4 is 11.8 Å². The van der Waals surface area contributed by atoms with Crippen molar-refractivity contribution < 1.29 is 0 Å². The summed E-state index contributed by atoms with van der Waals surface area (Å²) in [4.78, 5) is 1.48. The third kappa shape index (κ3) is 1.16. The van der Waals surface area contributed by atoms with E-state index in [-0.39, 0.29) is 0 Å². The van der Waals surface area contributed by atoms with Gasteiger partial charge in [-0.1, -0.05) is 31.5 Å². The van der Waals surface area contributed by atoms with E-state index >= 15 is 0 Å². The highest BCUT2D eigenvalue weighted by Crippen LogP contribution is 2.43. The van der Waals surface area contributed by atoms with Crippen LogP contribution in [0.1, 0.15) is 25.0 Å². The maximum absolute atomic E-state index is 2.33. The summed E-state index contributed by atoms with van der Waals surface area (Å²) in [5.41, 5.74) is 3.29. The fourth-order valence-electron chi connectivity index (χ4n) is 1.63. The minimum atomic E-state index is 0.381. The van der Waals surface area contributed by atoms with E-state index in [9.17, 15) is 0 Å². The summed E-state index contributed by atoms with van der Waals surface area (Å²) in [5.74, 6) is 1.23. The van der Waals surface area contributed by atoms with Crippen molar-refractivity contribution in [3.63, 3.8) is 0 Å². The minimum Gasteiger partial charge on any atom is -0.125 e. The molecule has 0 amide bonds. The van der Waals surface area contributed by atoms with Gasteiger partial charge < -0.3 is 0 Å². The Labute approximate surface area is 78.4 Å². The second kappa shape index (κ2) is 2.53. The van der Waals surface area contributed by atoms with Crippen LogP contribution in [-0.2, 0) is 5.41 Å². The van der Waals surface area contributed by atoms with Gasteiger partial charge in [-0.2, -0.15) is 0 Å². The van der Waals surface area contributed by atoms with Gasteiger partial charge in [0.05, 0.1) is 0 Å². The molecule has 0 N–H and O–H groups in total. The zero-order chi connectivity index (χ0) is 8.77. The predicted molar refractivity (Wildman–Crippen MR) is 54.9 cm³/mol. The number of fused-ring (bicyclic) bond motifs is 1. The SMILES string of the molecule is Cc1ccc2c(c1)C(C)(C)CS2. The van der Waals surface area contributed by atoms with Gasteiger partial charge in [-0.25, -0.2) is 0 Å². The first-order valence-electron chi connectivity index (χ1n) is 4.33. The lowest BCUT2D eigenvalue weighted by atomic mass is 9.86. The fraction of sp³-hybridized carbons (Fsp3) is 0.455. The largest absolute Gasteiger partial charge is 0.125 e. The highest BCUT2D eigenvalue weighted by molar-refractivity contribution is 7.99. The molecule has 0 aromatic heterocycles. The van der Waals surface area contributed by atoms with Crippen LogP contribution in [0, 0.1) is 6.92 Å². The summed E-state index contributed by atoms with van der Waals surface area (Å²) in [6.45, 7) is 6.82. The van der Waals surface area contributed by atoms with Crippen LogP contribution in [0.3, 0.4) is 0 Å². The van der Waals surface area contributed by atoms with Crippen molar-refractivity contribution in [2.24, 2.45) is 0 Å². The molecule has 0 fully saturated rings. The zero-order valence-corrected chi connectivity index (χ0v) is 8.66. The van der Waals surface area contributed by atoms with Crippen LogP contribution in [-0.4, -0.2) is 5.75 Å². The summed E-state index contributed by atoms with van der Waals surface area (Å²) in [6.07, 6.45) is 0. The molecule has 12 heavy (non-hydrogen) atoms. The van der Waals surface area contributed by atoms with E-state index in [2.05, 4.69) is 39.0 Å². The summed E-state index contributed by atoms with van der Waals surface area (Å²) >= 11 is 1.98. The molecule has 0 radical (unpaired) electrons. The zero-order valence-electron chi connectivity index (χ0n) is 7.85. The number of rotatable bonds is 0. The van der Waals surface area contributed by atoms with E-state index in [1.807, 2.05) is 11.8 Å². The first kappa shape index (κ1) is 8.18. The van der Waals surface area contributed by atoms with Crippen LogP contribution in [0.5, 0.6) is 0 Å². The average molecular weight is 178 g/mol. The first-order chi connectivity index (χ1) is 5.59. The van der Waals surface area contributed by atoms with E-state index < -0.39 is 0 Å². The molecule has 2 rings (SSSR count). The maximum atomic E-state index is 2.33. The Kier molecular flexibility index (Phi) is 1.72. The topological polar surface area (TPSA) is 0 Å². The van der Waals surface area contributed by atoms with Gasteiger partial charge in [-0.15, -0.1) is 11.8 Å².